The van der Waals surface area contributed by atoms with E-state index in [2.05, 4.69) is 4.72 Å². The Kier molecular flexibility index (Phi) is 7.40. The van der Waals surface area contributed by atoms with Crippen molar-refractivity contribution in [2.24, 2.45) is 0 Å². The van der Waals surface area contributed by atoms with E-state index in [9.17, 15) is 25.3 Å². The standard InChI is InChI=1S/C22H30N2O6S3/c1-16-5-7-18(3)21(13-16)32(27,28)23-10-11-24(20-9-12-31(25,26)15-20)33(29,30)22-14-17(2)6-8-19(22)4/h5-8,13-14,20,23H,9-12,15H2,1-4H3/t20-/m0/s1. The Morgan fingerprint density at radius 3 is 2.00 bits per heavy atom. The number of aryl methyl sites for hydroxylation is 4. The van der Waals surface area contributed by atoms with E-state index >= 15 is 0 Å². The molecule has 0 unspecified atom stereocenters. The van der Waals surface area contributed by atoms with Gasteiger partial charge < -0.3 is 0 Å². The minimum atomic E-state index is -4.05. The average molecular weight is 515 g/mol. The average Bonchev–Trinajstić information content (AvgIpc) is 3.07. The van der Waals surface area contributed by atoms with Crippen LogP contribution in [0.1, 0.15) is 28.7 Å². The molecule has 2 aromatic carbocycles. The lowest BCUT2D eigenvalue weighted by Crippen LogP contribution is -2.45. The van der Waals surface area contributed by atoms with E-state index in [-0.39, 0.29) is 40.8 Å². The van der Waals surface area contributed by atoms with E-state index in [0.717, 1.165) is 15.4 Å². The summed E-state index contributed by atoms with van der Waals surface area (Å²) < 4.78 is 80.7. The van der Waals surface area contributed by atoms with Crippen LogP contribution in [-0.4, -0.2) is 60.2 Å². The molecule has 1 saturated heterocycles. The van der Waals surface area contributed by atoms with Crippen molar-refractivity contribution in [2.45, 2.75) is 49.9 Å². The molecule has 33 heavy (non-hydrogen) atoms. The van der Waals surface area contributed by atoms with E-state index < -0.39 is 35.9 Å². The summed E-state index contributed by atoms with van der Waals surface area (Å²) in [6, 6.07) is 9.40. The molecule has 11 heteroatoms. The number of nitrogens with zero attached hydrogens (tertiary/aromatic N) is 1. The van der Waals surface area contributed by atoms with Crippen LogP contribution in [-0.2, 0) is 29.9 Å². The molecule has 0 amide bonds. The van der Waals surface area contributed by atoms with E-state index in [0.29, 0.717) is 11.1 Å². The van der Waals surface area contributed by atoms with Gasteiger partial charge >= 0.3 is 0 Å². The first-order valence-corrected chi connectivity index (χ1v) is 15.3. The summed E-state index contributed by atoms with van der Waals surface area (Å²) in [5.41, 5.74) is 2.67. The maximum Gasteiger partial charge on any atom is 0.243 e. The van der Waals surface area contributed by atoms with Crippen molar-refractivity contribution in [1.29, 1.82) is 0 Å². The molecule has 182 valence electrons. The number of sulfonamides is 2. The van der Waals surface area contributed by atoms with Gasteiger partial charge in [0.2, 0.25) is 20.0 Å². The quantitative estimate of drug-likeness (QED) is 0.576. The van der Waals surface area contributed by atoms with Gasteiger partial charge in [-0.05, 0) is 68.5 Å². The van der Waals surface area contributed by atoms with Gasteiger partial charge in [-0.15, -0.1) is 0 Å². The smallest absolute Gasteiger partial charge is 0.229 e. The number of nitrogens with one attached hydrogen (secondary N) is 1. The number of rotatable bonds is 8. The van der Waals surface area contributed by atoms with Gasteiger partial charge in [-0.2, -0.15) is 4.31 Å². The second-order valence-corrected chi connectivity index (χ2v) is 14.4. The molecule has 0 spiro atoms. The van der Waals surface area contributed by atoms with Crippen LogP contribution in [0.3, 0.4) is 0 Å². The lowest BCUT2D eigenvalue weighted by atomic mass is 10.2. The summed E-state index contributed by atoms with van der Waals surface area (Å²) in [7, 11) is -11.3. The molecule has 0 aliphatic carbocycles. The minimum absolute atomic E-state index is 0.0926. The Balaban J connectivity index is 1.90. The summed E-state index contributed by atoms with van der Waals surface area (Å²) in [5, 5.41) is 0. The molecule has 1 N–H and O–H groups in total. The topological polar surface area (TPSA) is 118 Å². The summed E-state index contributed by atoms with van der Waals surface area (Å²) >= 11 is 0. The fourth-order valence-electron chi connectivity index (χ4n) is 3.98. The zero-order chi connectivity index (χ0) is 24.6. The lowest BCUT2D eigenvalue weighted by molar-refractivity contribution is 0.343. The van der Waals surface area contributed by atoms with E-state index in [4.69, 9.17) is 0 Å². The molecular weight excluding hydrogens is 484 g/mol. The van der Waals surface area contributed by atoms with E-state index in [1.54, 1.807) is 58.0 Å². The summed E-state index contributed by atoms with van der Waals surface area (Å²) in [6.45, 7) is 6.57. The van der Waals surface area contributed by atoms with Crippen LogP contribution in [0.25, 0.3) is 0 Å². The van der Waals surface area contributed by atoms with Crippen molar-refractivity contribution in [3.05, 3.63) is 58.7 Å². The van der Waals surface area contributed by atoms with Gasteiger partial charge in [-0.1, -0.05) is 24.3 Å². The van der Waals surface area contributed by atoms with Crippen LogP contribution >= 0.6 is 0 Å². The third kappa shape index (κ3) is 5.83. The number of sulfone groups is 1. The second kappa shape index (κ2) is 9.46. The van der Waals surface area contributed by atoms with Crippen molar-refractivity contribution in [3.63, 3.8) is 0 Å². The fraction of sp³-hybridized carbons (Fsp3) is 0.455. The highest BCUT2D eigenvalue weighted by Gasteiger charge is 2.39. The molecule has 1 heterocycles. The van der Waals surface area contributed by atoms with E-state index in [1.165, 1.54) is 0 Å². The predicted octanol–water partition coefficient (Wildman–Crippen LogP) is 2.08. The Morgan fingerprint density at radius 2 is 1.45 bits per heavy atom. The van der Waals surface area contributed by atoms with Gasteiger partial charge in [-0.25, -0.2) is 30.0 Å². The molecular formula is C22H30N2O6S3. The highest BCUT2D eigenvalue weighted by molar-refractivity contribution is 7.92. The van der Waals surface area contributed by atoms with Crippen LogP contribution in [0.4, 0.5) is 0 Å². The minimum Gasteiger partial charge on any atom is -0.229 e. The highest BCUT2D eigenvalue weighted by atomic mass is 32.2. The Morgan fingerprint density at radius 1 is 0.909 bits per heavy atom. The molecule has 1 aliphatic heterocycles. The first kappa shape index (κ1) is 25.8. The predicted molar refractivity (Wildman–Crippen MR) is 128 cm³/mol. The Hall–Kier alpha value is -1.79. The van der Waals surface area contributed by atoms with Crippen molar-refractivity contribution in [3.8, 4) is 0 Å². The lowest BCUT2D eigenvalue weighted by Gasteiger charge is -2.28. The van der Waals surface area contributed by atoms with Crippen molar-refractivity contribution in [1.82, 2.24) is 9.03 Å². The van der Waals surface area contributed by atoms with Crippen LogP contribution in [0.2, 0.25) is 0 Å². The maximum atomic E-state index is 13.6. The molecule has 2 aromatic rings. The maximum absolute atomic E-state index is 13.6. The van der Waals surface area contributed by atoms with Crippen LogP contribution in [0, 0.1) is 27.7 Å². The largest absolute Gasteiger partial charge is 0.243 e. The zero-order valence-electron chi connectivity index (χ0n) is 19.2. The monoisotopic (exact) mass is 514 g/mol. The molecule has 0 radical (unpaired) electrons. The first-order chi connectivity index (χ1) is 15.2. The zero-order valence-corrected chi connectivity index (χ0v) is 21.6. The Bertz CT molecular complexity index is 1370. The van der Waals surface area contributed by atoms with Crippen molar-refractivity contribution >= 4 is 29.9 Å². The van der Waals surface area contributed by atoms with Crippen molar-refractivity contribution < 1.29 is 25.3 Å². The number of hydrogen-bond donors (Lipinski definition) is 1. The van der Waals surface area contributed by atoms with Gasteiger partial charge in [0.15, 0.2) is 9.84 Å². The third-order valence-electron chi connectivity index (χ3n) is 5.80. The van der Waals surface area contributed by atoms with Gasteiger partial charge in [-0.3, -0.25) is 0 Å². The molecule has 3 rings (SSSR count). The van der Waals surface area contributed by atoms with Crippen LogP contribution in [0.15, 0.2) is 46.2 Å². The van der Waals surface area contributed by atoms with Gasteiger partial charge in [0, 0.05) is 19.1 Å². The second-order valence-electron chi connectivity index (χ2n) is 8.61. The van der Waals surface area contributed by atoms with Gasteiger partial charge in [0.1, 0.15) is 0 Å². The SMILES string of the molecule is Cc1ccc(C)c(S(=O)(=O)NCCN([C@H]2CCS(=O)(=O)C2)S(=O)(=O)c2cc(C)ccc2C)c1. The van der Waals surface area contributed by atoms with Crippen molar-refractivity contribution in [2.75, 3.05) is 24.6 Å². The van der Waals surface area contributed by atoms with E-state index in [1.807, 2.05) is 6.07 Å². The molecule has 0 aromatic heterocycles. The molecule has 1 aliphatic rings. The number of hydrogen-bond acceptors (Lipinski definition) is 6. The molecule has 8 nitrogen and oxygen atoms in total. The third-order valence-corrected chi connectivity index (χ3v) is 11.3. The molecule has 0 bridgehead atoms. The highest BCUT2D eigenvalue weighted by Crippen LogP contribution is 2.27. The molecule has 0 saturated carbocycles. The Labute approximate surface area is 197 Å². The molecule has 1 fully saturated rings. The fourth-order valence-corrected chi connectivity index (χ4v) is 9.12. The summed E-state index contributed by atoms with van der Waals surface area (Å²) in [5.74, 6) is -0.370. The summed E-state index contributed by atoms with van der Waals surface area (Å²) in [4.78, 5) is 0.235. The van der Waals surface area contributed by atoms with Gasteiger partial charge in [0.05, 0.1) is 21.3 Å². The van der Waals surface area contributed by atoms with Crippen LogP contribution in [0.5, 0.6) is 0 Å². The summed E-state index contributed by atoms with van der Waals surface area (Å²) in [6.07, 6.45) is 0.177. The normalized spacial score (nSPS) is 18.6. The molecule has 1 atom stereocenters. The van der Waals surface area contributed by atoms with Crippen LogP contribution < -0.4 is 4.72 Å². The number of benzene rings is 2. The van der Waals surface area contributed by atoms with Gasteiger partial charge in [0.25, 0.3) is 0 Å². The first-order valence-electron chi connectivity index (χ1n) is 10.6.